The van der Waals surface area contributed by atoms with Crippen LogP contribution in [-0.4, -0.2) is 50.8 Å². The van der Waals surface area contributed by atoms with E-state index in [-0.39, 0.29) is 5.97 Å². The summed E-state index contributed by atoms with van der Waals surface area (Å²) >= 11 is 0. The Morgan fingerprint density at radius 3 is 2.53 bits per heavy atom. The van der Waals surface area contributed by atoms with Gasteiger partial charge in [-0.3, -0.25) is 9.69 Å². The molecule has 0 atom stereocenters. The third-order valence-electron chi connectivity index (χ3n) is 2.22. The first-order valence-corrected chi connectivity index (χ1v) is 5.61. The maximum absolute atomic E-state index is 11.0. The van der Waals surface area contributed by atoms with E-state index in [2.05, 4.69) is 11.7 Å². The largest absolute Gasteiger partial charge is 0.468 e. The van der Waals surface area contributed by atoms with Gasteiger partial charge < -0.3 is 9.47 Å². The zero-order valence-corrected chi connectivity index (χ0v) is 10.1. The second kappa shape index (κ2) is 9.93. The summed E-state index contributed by atoms with van der Waals surface area (Å²) in [4.78, 5) is 13.0. The van der Waals surface area contributed by atoms with Gasteiger partial charge in [0.1, 0.15) is 0 Å². The van der Waals surface area contributed by atoms with E-state index in [1.54, 1.807) is 0 Å². The van der Waals surface area contributed by atoms with Crippen LogP contribution >= 0.6 is 0 Å². The van der Waals surface area contributed by atoms with Gasteiger partial charge in [0.2, 0.25) is 0 Å². The predicted octanol–water partition coefficient (Wildman–Crippen LogP) is 1.30. The molecule has 90 valence electrons. The number of unbranched alkanes of at least 4 members (excludes halogenated alkanes) is 1. The Labute approximate surface area is 92.5 Å². The van der Waals surface area contributed by atoms with E-state index in [0.717, 1.165) is 32.5 Å². The van der Waals surface area contributed by atoms with Crippen molar-refractivity contribution in [2.75, 3.05) is 40.0 Å². The lowest BCUT2D eigenvalue weighted by Crippen LogP contribution is -2.33. The molecule has 0 aliphatic carbocycles. The molecule has 0 saturated carbocycles. The molecule has 15 heavy (non-hydrogen) atoms. The summed E-state index contributed by atoms with van der Waals surface area (Å²) in [5.41, 5.74) is 0. The molecule has 0 heterocycles. The van der Waals surface area contributed by atoms with Crippen molar-refractivity contribution in [2.24, 2.45) is 0 Å². The molecule has 0 aromatic rings. The number of nitrogens with zero attached hydrogens (tertiary/aromatic N) is 1. The number of carbonyl (C=O) groups excluding carboxylic acids is 1. The Kier molecular flexibility index (Phi) is 9.52. The molecule has 0 aliphatic rings. The minimum atomic E-state index is -0.189. The predicted molar refractivity (Wildman–Crippen MR) is 59.9 cm³/mol. The molecule has 0 fully saturated rings. The summed E-state index contributed by atoms with van der Waals surface area (Å²) in [7, 11) is 1.41. The minimum absolute atomic E-state index is 0.189. The number of hydrogen-bond donors (Lipinski definition) is 0. The van der Waals surface area contributed by atoms with Gasteiger partial charge in [-0.25, -0.2) is 0 Å². The van der Waals surface area contributed by atoms with Crippen molar-refractivity contribution >= 4 is 5.97 Å². The molecule has 0 rings (SSSR count). The van der Waals surface area contributed by atoms with Gasteiger partial charge in [-0.05, 0) is 13.0 Å². The van der Waals surface area contributed by atoms with Crippen LogP contribution in [0.5, 0.6) is 0 Å². The third kappa shape index (κ3) is 8.39. The van der Waals surface area contributed by atoms with Crippen molar-refractivity contribution in [1.29, 1.82) is 0 Å². The average molecular weight is 217 g/mol. The standard InChI is InChI=1S/C11H23NO3/c1-4-6-8-15-9-7-12(5-2)10-11(13)14-3/h4-10H2,1-3H3. The highest BCUT2D eigenvalue weighted by atomic mass is 16.5. The van der Waals surface area contributed by atoms with Gasteiger partial charge >= 0.3 is 5.97 Å². The summed E-state index contributed by atoms with van der Waals surface area (Å²) in [6.07, 6.45) is 2.25. The van der Waals surface area contributed by atoms with Crippen LogP contribution < -0.4 is 0 Å². The van der Waals surface area contributed by atoms with Gasteiger partial charge in [-0.15, -0.1) is 0 Å². The highest BCUT2D eigenvalue weighted by Crippen LogP contribution is 1.92. The molecule has 0 aromatic heterocycles. The molecular weight excluding hydrogens is 194 g/mol. The zero-order valence-electron chi connectivity index (χ0n) is 10.1. The van der Waals surface area contributed by atoms with Crippen LogP contribution in [0.25, 0.3) is 0 Å². The van der Waals surface area contributed by atoms with Gasteiger partial charge in [-0.2, -0.15) is 0 Å². The monoisotopic (exact) mass is 217 g/mol. The van der Waals surface area contributed by atoms with Crippen molar-refractivity contribution in [1.82, 2.24) is 4.90 Å². The SMILES string of the molecule is CCCCOCCN(CC)CC(=O)OC. The maximum Gasteiger partial charge on any atom is 0.319 e. The molecule has 0 unspecified atom stereocenters. The summed E-state index contributed by atoms with van der Waals surface area (Å²) in [6, 6.07) is 0. The summed E-state index contributed by atoms with van der Waals surface area (Å²) < 4.78 is 10.0. The first kappa shape index (κ1) is 14.4. The molecular formula is C11H23NO3. The Bertz CT molecular complexity index is 162. The summed E-state index contributed by atoms with van der Waals surface area (Å²) in [6.45, 7) is 7.64. The highest BCUT2D eigenvalue weighted by Gasteiger charge is 2.08. The lowest BCUT2D eigenvalue weighted by molar-refractivity contribution is -0.142. The van der Waals surface area contributed by atoms with Crippen LogP contribution in [0.1, 0.15) is 26.7 Å². The number of ether oxygens (including phenoxy) is 2. The average Bonchev–Trinajstić information content (AvgIpc) is 2.26. The fourth-order valence-corrected chi connectivity index (χ4v) is 1.14. The number of rotatable bonds is 9. The lowest BCUT2D eigenvalue weighted by Gasteiger charge is -2.18. The minimum Gasteiger partial charge on any atom is -0.468 e. The van der Waals surface area contributed by atoms with Crippen LogP contribution in [-0.2, 0) is 14.3 Å². The van der Waals surface area contributed by atoms with E-state index >= 15 is 0 Å². The quantitative estimate of drug-likeness (QED) is 0.431. The summed E-state index contributed by atoms with van der Waals surface area (Å²) in [5, 5.41) is 0. The molecule has 0 aromatic carbocycles. The van der Waals surface area contributed by atoms with E-state index in [9.17, 15) is 4.79 Å². The molecule has 0 N–H and O–H groups in total. The Morgan fingerprint density at radius 1 is 1.27 bits per heavy atom. The highest BCUT2D eigenvalue weighted by molar-refractivity contribution is 5.71. The van der Waals surface area contributed by atoms with Gasteiger partial charge in [0.15, 0.2) is 0 Å². The van der Waals surface area contributed by atoms with Crippen molar-refractivity contribution in [3.63, 3.8) is 0 Å². The third-order valence-corrected chi connectivity index (χ3v) is 2.22. The molecule has 0 aliphatic heterocycles. The summed E-state index contributed by atoms with van der Waals surface area (Å²) in [5.74, 6) is -0.189. The number of likely N-dealkylation sites (N-methyl/N-ethyl adjacent to an activating group) is 1. The van der Waals surface area contributed by atoms with Crippen LogP contribution in [0, 0.1) is 0 Å². The number of hydrogen-bond acceptors (Lipinski definition) is 4. The van der Waals surface area contributed by atoms with Crippen LogP contribution in [0.4, 0.5) is 0 Å². The van der Waals surface area contributed by atoms with E-state index in [0.29, 0.717) is 13.2 Å². The van der Waals surface area contributed by atoms with Gasteiger partial charge in [0.05, 0.1) is 20.3 Å². The van der Waals surface area contributed by atoms with Crippen molar-refractivity contribution in [2.45, 2.75) is 26.7 Å². The molecule has 4 nitrogen and oxygen atoms in total. The lowest BCUT2D eigenvalue weighted by atomic mass is 10.4. The van der Waals surface area contributed by atoms with Crippen LogP contribution in [0.2, 0.25) is 0 Å². The van der Waals surface area contributed by atoms with Gasteiger partial charge in [0.25, 0.3) is 0 Å². The van der Waals surface area contributed by atoms with Crippen molar-refractivity contribution in [3.05, 3.63) is 0 Å². The van der Waals surface area contributed by atoms with Crippen molar-refractivity contribution in [3.8, 4) is 0 Å². The molecule has 0 bridgehead atoms. The number of esters is 1. The maximum atomic E-state index is 11.0. The molecule has 0 spiro atoms. The number of methoxy groups -OCH3 is 1. The van der Waals surface area contributed by atoms with E-state index < -0.39 is 0 Å². The van der Waals surface area contributed by atoms with Gasteiger partial charge in [-0.1, -0.05) is 20.3 Å². The Hall–Kier alpha value is -0.610. The topological polar surface area (TPSA) is 38.8 Å². The zero-order chi connectivity index (χ0) is 11.5. The van der Waals surface area contributed by atoms with Gasteiger partial charge in [0, 0.05) is 13.2 Å². The fraction of sp³-hybridized carbons (Fsp3) is 0.909. The number of carbonyl (C=O) groups is 1. The second-order valence-corrected chi connectivity index (χ2v) is 3.41. The Morgan fingerprint density at radius 2 is 2.00 bits per heavy atom. The first-order chi connectivity index (χ1) is 7.24. The first-order valence-electron chi connectivity index (χ1n) is 5.61. The smallest absolute Gasteiger partial charge is 0.319 e. The molecule has 0 amide bonds. The molecule has 4 heteroatoms. The molecule has 0 saturated heterocycles. The normalized spacial score (nSPS) is 10.7. The van der Waals surface area contributed by atoms with E-state index in [4.69, 9.17) is 4.74 Å². The van der Waals surface area contributed by atoms with Crippen LogP contribution in [0.3, 0.4) is 0 Å². The van der Waals surface area contributed by atoms with E-state index in [1.807, 2.05) is 11.8 Å². The second-order valence-electron chi connectivity index (χ2n) is 3.41. The Balaban J connectivity index is 3.48. The molecule has 0 radical (unpaired) electrons. The fourth-order valence-electron chi connectivity index (χ4n) is 1.14. The van der Waals surface area contributed by atoms with Crippen LogP contribution in [0.15, 0.2) is 0 Å². The van der Waals surface area contributed by atoms with E-state index in [1.165, 1.54) is 7.11 Å². The van der Waals surface area contributed by atoms with Crippen molar-refractivity contribution < 1.29 is 14.3 Å².